The van der Waals surface area contributed by atoms with Crippen LogP contribution in [-0.4, -0.2) is 15.0 Å². The Morgan fingerprint density at radius 1 is 1.00 bits per heavy atom. The number of pyridine rings is 3. The summed E-state index contributed by atoms with van der Waals surface area (Å²) in [6.45, 7) is 2.12. The van der Waals surface area contributed by atoms with Gasteiger partial charge in [-0.15, -0.1) is 0 Å². The van der Waals surface area contributed by atoms with Crippen LogP contribution in [0, 0.1) is 6.92 Å². The first-order chi connectivity index (χ1) is 12.8. The average molecular weight is 346 g/mol. The second-order valence-electron chi connectivity index (χ2n) is 6.60. The van der Waals surface area contributed by atoms with Crippen LogP contribution in [0.2, 0.25) is 0 Å². The standard InChI is InChI=1S/C21H22N4O/c1-15-6-4-13-23-21(15)19-10-2-8-17(24-19)18-9-3-11-20(25-18)26-16-7-5-12-22-14-16/h3-7,9,11-14,17,19,24H,2,8,10H2,1H3/t17-,19+/m1/s1. The van der Waals surface area contributed by atoms with Gasteiger partial charge in [-0.2, -0.15) is 0 Å². The Balaban J connectivity index is 1.52. The lowest BCUT2D eigenvalue weighted by molar-refractivity contribution is 0.318. The molecule has 1 aliphatic rings. The van der Waals surface area contributed by atoms with Crippen LogP contribution in [0.15, 0.2) is 61.1 Å². The van der Waals surface area contributed by atoms with Crippen LogP contribution in [0.4, 0.5) is 0 Å². The van der Waals surface area contributed by atoms with Gasteiger partial charge in [0.25, 0.3) is 0 Å². The van der Waals surface area contributed by atoms with E-state index in [-0.39, 0.29) is 12.1 Å². The summed E-state index contributed by atoms with van der Waals surface area (Å²) in [5.74, 6) is 1.28. The van der Waals surface area contributed by atoms with Crippen LogP contribution in [0.1, 0.15) is 48.3 Å². The van der Waals surface area contributed by atoms with Crippen LogP contribution < -0.4 is 10.1 Å². The van der Waals surface area contributed by atoms with Gasteiger partial charge in [0.05, 0.1) is 29.7 Å². The zero-order valence-corrected chi connectivity index (χ0v) is 14.8. The predicted octanol–water partition coefficient (Wildman–Crippen LogP) is 4.53. The second-order valence-corrected chi connectivity index (χ2v) is 6.60. The highest BCUT2D eigenvalue weighted by Gasteiger charge is 2.26. The maximum atomic E-state index is 5.83. The molecule has 0 aromatic carbocycles. The molecule has 5 heteroatoms. The summed E-state index contributed by atoms with van der Waals surface area (Å²) in [7, 11) is 0. The number of nitrogens with zero attached hydrogens (tertiary/aromatic N) is 3. The van der Waals surface area contributed by atoms with Crippen molar-refractivity contribution in [1.82, 2.24) is 20.3 Å². The van der Waals surface area contributed by atoms with E-state index in [0.717, 1.165) is 30.7 Å². The lowest BCUT2D eigenvalue weighted by Gasteiger charge is -2.31. The van der Waals surface area contributed by atoms with Crippen molar-refractivity contribution in [2.45, 2.75) is 38.3 Å². The van der Waals surface area contributed by atoms with E-state index in [4.69, 9.17) is 9.72 Å². The fraction of sp³-hybridized carbons (Fsp3) is 0.286. The van der Waals surface area contributed by atoms with Gasteiger partial charge < -0.3 is 10.1 Å². The van der Waals surface area contributed by atoms with E-state index in [1.54, 1.807) is 12.4 Å². The molecule has 3 aromatic heterocycles. The molecule has 1 aliphatic heterocycles. The molecule has 2 atom stereocenters. The van der Waals surface area contributed by atoms with Gasteiger partial charge in [-0.3, -0.25) is 9.97 Å². The number of nitrogens with one attached hydrogen (secondary N) is 1. The van der Waals surface area contributed by atoms with Crippen molar-refractivity contribution in [2.75, 3.05) is 0 Å². The average Bonchev–Trinajstić information content (AvgIpc) is 2.69. The van der Waals surface area contributed by atoms with Crippen LogP contribution in [-0.2, 0) is 0 Å². The fourth-order valence-electron chi connectivity index (χ4n) is 3.46. The molecule has 132 valence electrons. The van der Waals surface area contributed by atoms with Crippen LogP contribution >= 0.6 is 0 Å². The number of hydrogen-bond acceptors (Lipinski definition) is 5. The highest BCUT2D eigenvalue weighted by Crippen LogP contribution is 2.33. The number of hydrogen-bond donors (Lipinski definition) is 1. The Hall–Kier alpha value is -2.79. The SMILES string of the molecule is Cc1cccnc1[C@@H]1CCC[C@H](c2cccc(Oc3cccnc3)n2)N1. The molecule has 5 nitrogen and oxygen atoms in total. The summed E-state index contributed by atoms with van der Waals surface area (Å²) < 4.78 is 5.83. The molecular formula is C21H22N4O. The summed E-state index contributed by atoms with van der Waals surface area (Å²) >= 11 is 0. The van der Waals surface area contributed by atoms with E-state index >= 15 is 0 Å². The van der Waals surface area contributed by atoms with Crippen molar-refractivity contribution < 1.29 is 4.74 Å². The maximum absolute atomic E-state index is 5.83. The molecule has 0 radical (unpaired) electrons. The minimum absolute atomic E-state index is 0.201. The van der Waals surface area contributed by atoms with Gasteiger partial charge in [0.2, 0.25) is 5.88 Å². The molecule has 4 rings (SSSR count). The van der Waals surface area contributed by atoms with E-state index in [1.165, 1.54) is 5.56 Å². The third-order valence-corrected chi connectivity index (χ3v) is 4.73. The van der Waals surface area contributed by atoms with Gasteiger partial charge in [-0.1, -0.05) is 12.1 Å². The maximum Gasteiger partial charge on any atom is 0.219 e. The molecule has 0 unspecified atom stereocenters. The zero-order chi connectivity index (χ0) is 17.8. The van der Waals surface area contributed by atoms with E-state index in [2.05, 4.69) is 34.3 Å². The largest absolute Gasteiger partial charge is 0.437 e. The van der Waals surface area contributed by atoms with Crippen molar-refractivity contribution in [2.24, 2.45) is 0 Å². The molecule has 1 saturated heterocycles. The summed E-state index contributed by atoms with van der Waals surface area (Å²) in [5, 5.41) is 3.73. The molecule has 1 N–H and O–H groups in total. The summed E-state index contributed by atoms with van der Waals surface area (Å²) in [4.78, 5) is 13.4. The van der Waals surface area contributed by atoms with Gasteiger partial charge in [0.15, 0.2) is 0 Å². The molecule has 3 aromatic rings. The Morgan fingerprint density at radius 3 is 2.73 bits per heavy atom. The van der Waals surface area contributed by atoms with Gasteiger partial charge in [0.1, 0.15) is 5.75 Å². The predicted molar refractivity (Wildman–Crippen MR) is 100.0 cm³/mol. The van der Waals surface area contributed by atoms with Crippen molar-refractivity contribution in [3.63, 3.8) is 0 Å². The smallest absolute Gasteiger partial charge is 0.219 e. The van der Waals surface area contributed by atoms with E-state index in [0.29, 0.717) is 11.6 Å². The quantitative estimate of drug-likeness (QED) is 0.752. The summed E-state index contributed by atoms with van der Waals surface area (Å²) in [5.41, 5.74) is 3.37. The van der Waals surface area contributed by atoms with Gasteiger partial charge in [0, 0.05) is 18.5 Å². The fourth-order valence-corrected chi connectivity index (χ4v) is 3.46. The summed E-state index contributed by atoms with van der Waals surface area (Å²) in [6.07, 6.45) is 8.59. The van der Waals surface area contributed by atoms with Crippen LogP contribution in [0.25, 0.3) is 0 Å². The Bertz CT molecular complexity index is 869. The Labute approximate surface area is 153 Å². The summed E-state index contributed by atoms with van der Waals surface area (Å²) in [6, 6.07) is 14.2. The minimum Gasteiger partial charge on any atom is -0.437 e. The number of ether oxygens (including phenoxy) is 1. The van der Waals surface area contributed by atoms with Crippen LogP contribution in [0.5, 0.6) is 11.6 Å². The second kappa shape index (κ2) is 7.62. The molecular weight excluding hydrogens is 324 g/mol. The van der Waals surface area contributed by atoms with E-state index < -0.39 is 0 Å². The van der Waals surface area contributed by atoms with Crippen molar-refractivity contribution in [3.8, 4) is 11.6 Å². The highest BCUT2D eigenvalue weighted by atomic mass is 16.5. The number of piperidine rings is 1. The Morgan fingerprint density at radius 2 is 1.88 bits per heavy atom. The number of aryl methyl sites for hydroxylation is 1. The van der Waals surface area contributed by atoms with E-state index in [9.17, 15) is 0 Å². The molecule has 0 amide bonds. The van der Waals surface area contributed by atoms with Gasteiger partial charge in [-0.25, -0.2) is 4.98 Å². The lowest BCUT2D eigenvalue weighted by Crippen LogP contribution is -2.32. The normalized spacial score (nSPS) is 19.9. The van der Waals surface area contributed by atoms with Gasteiger partial charge >= 0.3 is 0 Å². The molecule has 0 saturated carbocycles. The number of aromatic nitrogens is 3. The first-order valence-corrected chi connectivity index (χ1v) is 9.02. The van der Waals surface area contributed by atoms with E-state index in [1.807, 2.05) is 36.5 Å². The molecule has 4 heterocycles. The van der Waals surface area contributed by atoms with Crippen molar-refractivity contribution >= 4 is 0 Å². The first kappa shape index (κ1) is 16.7. The molecule has 0 aliphatic carbocycles. The zero-order valence-electron chi connectivity index (χ0n) is 14.8. The lowest BCUT2D eigenvalue weighted by atomic mass is 9.93. The van der Waals surface area contributed by atoms with Crippen molar-refractivity contribution in [1.29, 1.82) is 0 Å². The molecule has 1 fully saturated rings. The molecule has 0 spiro atoms. The Kier molecular flexibility index (Phi) is 4.88. The minimum atomic E-state index is 0.201. The first-order valence-electron chi connectivity index (χ1n) is 9.02. The number of rotatable bonds is 4. The highest BCUT2D eigenvalue weighted by molar-refractivity contribution is 5.27. The third-order valence-electron chi connectivity index (χ3n) is 4.73. The van der Waals surface area contributed by atoms with Crippen LogP contribution in [0.3, 0.4) is 0 Å². The molecule has 26 heavy (non-hydrogen) atoms. The van der Waals surface area contributed by atoms with Crippen molar-refractivity contribution in [3.05, 3.63) is 78.0 Å². The van der Waals surface area contributed by atoms with Gasteiger partial charge in [-0.05, 0) is 56.0 Å². The third kappa shape index (κ3) is 3.73. The molecule has 0 bridgehead atoms. The monoisotopic (exact) mass is 346 g/mol. The topological polar surface area (TPSA) is 59.9 Å².